The van der Waals surface area contributed by atoms with Gasteiger partial charge in [-0.3, -0.25) is 19.9 Å². The summed E-state index contributed by atoms with van der Waals surface area (Å²) in [5.74, 6) is 3.41. The van der Waals surface area contributed by atoms with Crippen molar-refractivity contribution in [3.8, 4) is 236 Å². The van der Waals surface area contributed by atoms with Gasteiger partial charge in [0.15, 0.2) is 29.1 Å². The molecule has 0 atom stereocenters. The Labute approximate surface area is 854 Å². The van der Waals surface area contributed by atoms with Crippen molar-refractivity contribution in [1.29, 1.82) is 0 Å². The van der Waals surface area contributed by atoms with E-state index in [0.717, 1.165) is 224 Å². The molecule has 14 nitrogen and oxygen atoms in total. The molecule has 0 aliphatic carbocycles. The van der Waals surface area contributed by atoms with Gasteiger partial charge in [0.25, 0.3) is 0 Å². The predicted octanol–water partition coefficient (Wildman–Crippen LogP) is 32.5. The fourth-order valence-corrected chi connectivity index (χ4v) is 18.2. The van der Waals surface area contributed by atoms with E-state index in [1.165, 1.54) is 0 Å². The van der Waals surface area contributed by atoms with Crippen LogP contribution in [0.1, 0.15) is 17.1 Å². The van der Waals surface area contributed by atoms with Crippen LogP contribution in [0.4, 0.5) is 0 Å². The van der Waals surface area contributed by atoms with Gasteiger partial charge in [0.1, 0.15) is 0 Å². The lowest BCUT2D eigenvalue weighted by Gasteiger charge is -2.14. The second kappa shape index (κ2) is 43.2. The SMILES string of the molecule is Cc1ccc(-c2ccc(-c3cc(-c4ccc(-c5ncccn5)cc4)cc(-c4nc(-c5ccccc5)cc(-c5ccccc5)n4)c3)cc2)cn1.Cc1ncccc1-c1ccc(-c2cc(-c3ccc(-c4ccccn4)cc3)cc(-c3nc(-c4ccccc4)cc(-c4ccccc4)n3)c2)cc1.Cc1ncccc1-c1ccc(-c2cc(-c3ccc(-c4ncccn4)cc3)cc(-c3nc(-c4ccccc4)cc(-c4ccccc4)n3)c2)cc1. The van der Waals surface area contributed by atoms with Crippen molar-refractivity contribution in [1.82, 2.24) is 69.8 Å². The summed E-state index contributed by atoms with van der Waals surface area (Å²) in [5, 5.41) is 0. The molecule has 0 spiro atoms. The Morgan fingerprint density at radius 1 is 0.122 bits per heavy atom. The summed E-state index contributed by atoms with van der Waals surface area (Å²) in [6.45, 7) is 6.09. The van der Waals surface area contributed by atoms with E-state index in [1.807, 2.05) is 203 Å². The Hall–Kier alpha value is -19.7. The van der Waals surface area contributed by atoms with Crippen LogP contribution in [0.15, 0.2) is 517 Å². The molecule has 15 aromatic carbocycles. The van der Waals surface area contributed by atoms with Gasteiger partial charge in [-0.1, -0.05) is 352 Å². The number of nitrogens with zero attached hydrogens (tertiary/aromatic N) is 14. The van der Waals surface area contributed by atoms with Crippen molar-refractivity contribution in [2.45, 2.75) is 20.8 Å². The monoisotopic (exact) mass is 1890 g/mol. The Morgan fingerprint density at radius 2 is 0.347 bits per heavy atom. The van der Waals surface area contributed by atoms with E-state index in [4.69, 9.17) is 29.9 Å². The summed E-state index contributed by atoms with van der Waals surface area (Å²) in [6, 6.07) is 161. The fraction of sp³-hybridized carbons (Fsp3) is 0.0226. The molecule has 0 radical (unpaired) electrons. The molecule has 0 N–H and O–H groups in total. The Morgan fingerprint density at radius 3 is 0.605 bits per heavy atom. The number of pyridine rings is 4. The van der Waals surface area contributed by atoms with Gasteiger partial charge in [0.05, 0.1) is 39.9 Å². The maximum Gasteiger partial charge on any atom is 0.160 e. The first-order chi connectivity index (χ1) is 72.5. The molecule has 696 valence electrons. The van der Waals surface area contributed by atoms with Gasteiger partial charge >= 0.3 is 0 Å². The first kappa shape index (κ1) is 92.3. The zero-order chi connectivity index (χ0) is 99.0. The molecule has 147 heavy (non-hydrogen) atoms. The molecule has 24 rings (SSSR count). The first-order valence-corrected chi connectivity index (χ1v) is 48.8. The third-order valence-electron chi connectivity index (χ3n) is 26.0. The zero-order valence-electron chi connectivity index (χ0n) is 80.8. The first-order valence-electron chi connectivity index (χ1n) is 48.8. The van der Waals surface area contributed by atoms with Crippen LogP contribution < -0.4 is 0 Å². The maximum absolute atomic E-state index is 5.16. The van der Waals surface area contributed by atoms with Crippen LogP contribution in [0.5, 0.6) is 0 Å². The van der Waals surface area contributed by atoms with Crippen molar-refractivity contribution in [3.05, 3.63) is 534 Å². The highest BCUT2D eigenvalue weighted by atomic mass is 14.9. The average molecular weight is 1890 g/mol. The van der Waals surface area contributed by atoms with E-state index in [1.54, 1.807) is 24.8 Å². The number of rotatable bonds is 21. The predicted molar refractivity (Wildman–Crippen MR) is 597 cm³/mol. The average Bonchev–Trinajstić information content (AvgIpc) is 0.784. The van der Waals surface area contributed by atoms with E-state index < -0.39 is 0 Å². The lowest BCUT2D eigenvalue weighted by atomic mass is 9.93. The summed E-state index contributed by atoms with van der Waals surface area (Å²) in [6.07, 6.45) is 14.5. The minimum Gasteiger partial charge on any atom is -0.261 e. The second-order valence-electron chi connectivity index (χ2n) is 35.8. The van der Waals surface area contributed by atoms with Crippen molar-refractivity contribution in [2.75, 3.05) is 0 Å². The second-order valence-corrected chi connectivity index (χ2v) is 35.8. The molecule has 0 unspecified atom stereocenters. The van der Waals surface area contributed by atoms with Gasteiger partial charge in [0.2, 0.25) is 0 Å². The van der Waals surface area contributed by atoms with Crippen LogP contribution in [-0.4, -0.2) is 69.8 Å². The van der Waals surface area contributed by atoms with Gasteiger partial charge in [0, 0.05) is 150 Å². The molecule has 0 aliphatic heterocycles. The number of hydrogen-bond donors (Lipinski definition) is 0. The summed E-state index contributed by atoms with van der Waals surface area (Å²) in [7, 11) is 0. The quantitative estimate of drug-likeness (QED) is 0.0663. The summed E-state index contributed by atoms with van der Waals surface area (Å²) < 4.78 is 0. The van der Waals surface area contributed by atoms with Crippen molar-refractivity contribution in [2.24, 2.45) is 0 Å². The van der Waals surface area contributed by atoms with Crippen LogP contribution in [0.25, 0.3) is 236 Å². The van der Waals surface area contributed by atoms with E-state index in [0.29, 0.717) is 29.1 Å². The van der Waals surface area contributed by atoms with Crippen LogP contribution in [-0.2, 0) is 0 Å². The Bertz CT molecular complexity index is 8160. The van der Waals surface area contributed by atoms with Gasteiger partial charge < -0.3 is 0 Å². The highest BCUT2D eigenvalue weighted by Gasteiger charge is 2.22. The van der Waals surface area contributed by atoms with E-state index in [2.05, 4.69) is 349 Å². The van der Waals surface area contributed by atoms with Gasteiger partial charge in [-0.05, 0) is 219 Å². The summed E-state index contributed by atoms with van der Waals surface area (Å²) >= 11 is 0. The third kappa shape index (κ3) is 21.6. The molecule has 9 heterocycles. The van der Waals surface area contributed by atoms with E-state index >= 15 is 0 Å². The van der Waals surface area contributed by atoms with Crippen LogP contribution in [0.3, 0.4) is 0 Å². The topological polar surface area (TPSA) is 180 Å². The molecule has 0 saturated carbocycles. The summed E-state index contributed by atoms with van der Waals surface area (Å²) in [4.78, 5) is 66.6. The molecule has 0 aliphatic rings. The maximum atomic E-state index is 5.16. The molecular formula is C133H94N14. The highest BCUT2D eigenvalue weighted by Crippen LogP contribution is 2.42. The van der Waals surface area contributed by atoms with Crippen molar-refractivity contribution in [3.63, 3.8) is 0 Å². The smallest absolute Gasteiger partial charge is 0.160 e. The van der Waals surface area contributed by atoms with Crippen LogP contribution >= 0.6 is 0 Å². The molecule has 24 aromatic rings. The standard InChI is InChI=1S/C45H32N4.2C44H31N5/c1-31-41(15-10-26-46-31)34-21-17-32(18-22-34)38-27-39(33-19-23-37(24-20-33)42-16-8-9-25-47-42)29-40(28-38)45-48-43(35-11-4-2-5-12-35)30-44(49-45)36-13-6-3-7-14-36;1-30-40(14-8-23-45-30)33-19-15-31(16-20-33)37-26-38(32-17-21-36(22-18-32)43-46-24-9-25-47-43)28-39(27-37)44-48-41(34-10-4-2-5-11-34)29-42(49-44)35-12-6-3-7-13-35;1-30-13-14-37(29-47-30)31-15-17-32(18-16-31)38-25-39(33-19-21-36(22-20-33)43-45-23-8-24-46-43)27-40(26-38)44-48-41(34-9-4-2-5-10-34)28-42(49-44)35-11-6-3-7-12-35/h2-30H,1H3;2*2-29H,1H3. The molecular weight excluding hydrogens is 1790 g/mol. The largest absolute Gasteiger partial charge is 0.261 e. The lowest BCUT2D eigenvalue weighted by molar-refractivity contribution is 1.18. The van der Waals surface area contributed by atoms with E-state index in [-0.39, 0.29) is 0 Å². The van der Waals surface area contributed by atoms with Gasteiger partial charge in [-0.25, -0.2) is 49.8 Å². The Kier molecular flexibility index (Phi) is 27.1. The number of aryl methyl sites for hydroxylation is 3. The number of benzene rings is 15. The molecule has 9 aromatic heterocycles. The molecule has 14 heteroatoms. The molecule has 0 bridgehead atoms. The number of hydrogen-bond acceptors (Lipinski definition) is 14. The molecule has 0 amide bonds. The van der Waals surface area contributed by atoms with Crippen molar-refractivity contribution < 1.29 is 0 Å². The lowest BCUT2D eigenvalue weighted by Crippen LogP contribution is -1.97. The molecule has 0 saturated heterocycles. The third-order valence-corrected chi connectivity index (χ3v) is 26.0. The van der Waals surface area contributed by atoms with Crippen LogP contribution in [0, 0.1) is 20.8 Å². The van der Waals surface area contributed by atoms with Gasteiger partial charge in [-0.2, -0.15) is 0 Å². The minimum atomic E-state index is 0.667. The van der Waals surface area contributed by atoms with Crippen LogP contribution in [0.2, 0.25) is 0 Å². The summed E-state index contributed by atoms with van der Waals surface area (Å²) in [5.41, 5.74) is 41.1. The zero-order valence-corrected chi connectivity index (χ0v) is 80.8. The Balaban J connectivity index is 0.000000125. The van der Waals surface area contributed by atoms with E-state index in [9.17, 15) is 0 Å². The molecule has 0 fully saturated rings. The number of aromatic nitrogens is 14. The van der Waals surface area contributed by atoms with Crippen molar-refractivity contribution >= 4 is 0 Å². The fourth-order valence-electron chi connectivity index (χ4n) is 18.2. The highest BCUT2D eigenvalue weighted by molar-refractivity contribution is 5.88. The normalized spacial score (nSPS) is 11.0. The van der Waals surface area contributed by atoms with Gasteiger partial charge in [-0.15, -0.1) is 0 Å². The minimum absolute atomic E-state index is 0.667.